The Morgan fingerprint density at radius 2 is 1.97 bits per heavy atom. The third-order valence-electron chi connectivity index (χ3n) is 6.78. The van der Waals surface area contributed by atoms with Gasteiger partial charge in [-0.25, -0.2) is 9.78 Å². The fourth-order valence-corrected chi connectivity index (χ4v) is 5.19. The molecule has 1 aliphatic carbocycles. The molecule has 2 aromatic rings. The van der Waals surface area contributed by atoms with Gasteiger partial charge in [-0.3, -0.25) is 0 Å². The van der Waals surface area contributed by atoms with E-state index in [2.05, 4.69) is 17.2 Å². The fourth-order valence-electron chi connectivity index (χ4n) is 4.98. The van der Waals surface area contributed by atoms with Crippen LogP contribution in [0, 0.1) is 0 Å². The van der Waals surface area contributed by atoms with Gasteiger partial charge in [-0.15, -0.1) is 0 Å². The molecule has 8 nitrogen and oxygen atoms in total. The summed E-state index contributed by atoms with van der Waals surface area (Å²) in [7, 11) is 0. The molecule has 1 fully saturated rings. The highest BCUT2D eigenvalue weighted by atomic mass is 35.5. The Balaban J connectivity index is 1.69. The number of benzene rings is 1. The molecule has 1 saturated carbocycles. The molecule has 1 aliphatic rings. The molecule has 1 amide bonds. The number of halogens is 1. The van der Waals surface area contributed by atoms with Gasteiger partial charge in [0.25, 0.3) is 0 Å². The van der Waals surface area contributed by atoms with Crippen LogP contribution < -0.4 is 14.8 Å². The number of carbonyl (C=O) groups is 1. The maximum Gasteiger partial charge on any atom is 0.408 e. The lowest BCUT2D eigenvalue weighted by Crippen LogP contribution is -2.52. The summed E-state index contributed by atoms with van der Waals surface area (Å²) in [4.78, 5) is 17.0. The van der Waals surface area contributed by atoms with Gasteiger partial charge < -0.3 is 29.7 Å². The normalized spacial score (nSPS) is 21.3. The van der Waals surface area contributed by atoms with E-state index < -0.39 is 23.3 Å². The Morgan fingerprint density at radius 3 is 2.61 bits per heavy atom. The zero-order valence-corrected chi connectivity index (χ0v) is 23.9. The summed E-state index contributed by atoms with van der Waals surface area (Å²) in [6.07, 6.45) is 6.89. The quantitative estimate of drug-likeness (QED) is 0.303. The number of pyridine rings is 1. The highest BCUT2D eigenvalue weighted by molar-refractivity contribution is 6.33. The van der Waals surface area contributed by atoms with Crippen LogP contribution in [0.5, 0.6) is 11.6 Å². The number of aliphatic hydroxyl groups excluding tert-OH is 2. The van der Waals surface area contributed by atoms with Crippen molar-refractivity contribution in [2.75, 3.05) is 13.2 Å². The van der Waals surface area contributed by atoms with Gasteiger partial charge in [-0.1, -0.05) is 24.9 Å². The van der Waals surface area contributed by atoms with Crippen molar-refractivity contribution in [1.29, 1.82) is 0 Å². The van der Waals surface area contributed by atoms with Crippen molar-refractivity contribution in [2.45, 2.75) is 109 Å². The molecule has 1 unspecified atom stereocenters. The Hall–Kier alpha value is -2.29. The molecular formula is C29H43ClN2O6. The number of rotatable bonds is 10. The maximum atomic E-state index is 12.6. The Bertz CT molecular complexity index is 1050. The molecule has 212 valence electrons. The molecule has 1 heterocycles. The van der Waals surface area contributed by atoms with E-state index in [4.69, 9.17) is 25.8 Å². The van der Waals surface area contributed by atoms with Gasteiger partial charge in [0, 0.05) is 17.1 Å². The van der Waals surface area contributed by atoms with Crippen molar-refractivity contribution in [3.63, 3.8) is 0 Å². The predicted molar refractivity (Wildman–Crippen MR) is 149 cm³/mol. The SMILES string of the molecule is CCCCOc1nccc2cc(OC3CCCC(CC(O)CO)(NC(=O)OC(C)(C)C)CCC3)c(Cl)cc12. The molecule has 1 aromatic heterocycles. The van der Waals surface area contributed by atoms with Gasteiger partial charge in [0.05, 0.1) is 30.4 Å². The molecular weight excluding hydrogens is 508 g/mol. The smallest absolute Gasteiger partial charge is 0.408 e. The van der Waals surface area contributed by atoms with Crippen LogP contribution in [0.4, 0.5) is 4.79 Å². The van der Waals surface area contributed by atoms with E-state index in [1.165, 1.54) is 0 Å². The largest absolute Gasteiger partial charge is 0.489 e. The van der Waals surface area contributed by atoms with E-state index in [9.17, 15) is 15.0 Å². The van der Waals surface area contributed by atoms with Crippen molar-refractivity contribution < 1.29 is 29.2 Å². The van der Waals surface area contributed by atoms with Crippen molar-refractivity contribution in [3.8, 4) is 11.6 Å². The Labute approximate surface area is 231 Å². The molecule has 1 aromatic carbocycles. The topological polar surface area (TPSA) is 110 Å². The number of nitrogens with one attached hydrogen (secondary N) is 1. The first-order valence-corrected chi connectivity index (χ1v) is 14.1. The average molecular weight is 551 g/mol. The number of aliphatic hydroxyl groups is 2. The van der Waals surface area contributed by atoms with E-state index in [0.717, 1.165) is 49.3 Å². The third kappa shape index (κ3) is 8.89. The molecule has 0 spiro atoms. The molecule has 0 bridgehead atoms. The van der Waals surface area contributed by atoms with Gasteiger partial charge in [0.2, 0.25) is 5.88 Å². The van der Waals surface area contributed by atoms with E-state index in [-0.39, 0.29) is 19.1 Å². The molecule has 0 aliphatic heterocycles. The number of unbranched alkanes of at least 4 members (excludes halogenated alkanes) is 1. The summed E-state index contributed by atoms with van der Waals surface area (Å²) in [5.74, 6) is 1.21. The lowest BCUT2D eigenvalue weighted by Gasteiger charge is -2.39. The molecule has 3 rings (SSSR count). The summed E-state index contributed by atoms with van der Waals surface area (Å²) in [5, 5.41) is 25.1. The summed E-state index contributed by atoms with van der Waals surface area (Å²) >= 11 is 6.64. The number of fused-ring (bicyclic) bond motifs is 1. The zero-order valence-electron chi connectivity index (χ0n) is 23.1. The monoisotopic (exact) mass is 550 g/mol. The van der Waals surface area contributed by atoms with Crippen LogP contribution >= 0.6 is 11.6 Å². The van der Waals surface area contributed by atoms with Crippen LogP contribution in [0.25, 0.3) is 10.8 Å². The van der Waals surface area contributed by atoms with Gasteiger partial charge in [0.15, 0.2) is 0 Å². The molecule has 9 heteroatoms. The highest BCUT2D eigenvalue weighted by Gasteiger charge is 2.36. The van der Waals surface area contributed by atoms with Crippen LogP contribution in [0.1, 0.15) is 85.5 Å². The predicted octanol–water partition coefficient (Wildman–Crippen LogP) is 6.18. The highest BCUT2D eigenvalue weighted by Crippen LogP contribution is 2.37. The van der Waals surface area contributed by atoms with Gasteiger partial charge in [0.1, 0.15) is 11.4 Å². The zero-order chi connectivity index (χ0) is 27.8. The number of hydrogen-bond donors (Lipinski definition) is 3. The second-order valence-electron chi connectivity index (χ2n) is 11.3. The minimum absolute atomic E-state index is 0.0330. The van der Waals surface area contributed by atoms with Crippen molar-refractivity contribution in [2.24, 2.45) is 0 Å². The molecule has 3 N–H and O–H groups in total. The van der Waals surface area contributed by atoms with Crippen molar-refractivity contribution >= 4 is 28.5 Å². The number of nitrogens with zero attached hydrogens (tertiary/aromatic N) is 1. The minimum atomic E-state index is -0.918. The second-order valence-corrected chi connectivity index (χ2v) is 11.7. The molecule has 1 atom stereocenters. The standard InChI is InChI=1S/C29H43ClN2O6/c1-5-6-15-36-26-23-17-24(30)25(16-20(23)11-14-31-26)37-22-9-7-12-29(13-8-10-22,18-21(34)19-33)32-27(35)38-28(2,3)4/h11,14,16-17,21-22,33-34H,5-10,12-13,15,18-19H2,1-4H3,(H,32,35). The Kier molecular flexibility index (Phi) is 10.9. The molecule has 38 heavy (non-hydrogen) atoms. The Morgan fingerprint density at radius 1 is 1.26 bits per heavy atom. The van der Waals surface area contributed by atoms with E-state index in [1.54, 1.807) is 6.20 Å². The van der Waals surface area contributed by atoms with Crippen molar-refractivity contribution in [3.05, 3.63) is 29.4 Å². The average Bonchev–Trinajstić information content (AvgIpc) is 2.82. The lowest BCUT2D eigenvalue weighted by atomic mass is 9.79. The van der Waals surface area contributed by atoms with Crippen LogP contribution in [0.2, 0.25) is 5.02 Å². The number of carbonyl (C=O) groups excluding carboxylic acids is 1. The van der Waals surface area contributed by atoms with E-state index in [1.807, 2.05) is 39.0 Å². The summed E-state index contributed by atoms with van der Waals surface area (Å²) in [5.41, 5.74) is -1.28. The number of amides is 1. The third-order valence-corrected chi connectivity index (χ3v) is 7.07. The number of alkyl carbamates (subject to hydrolysis) is 1. The summed E-state index contributed by atoms with van der Waals surface area (Å²) < 4.78 is 17.7. The fraction of sp³-hybridized carbons (Fsp3) is 0.655. The van der Waals surface area contributed by atoms with Crippen LogP contribution in [0.3, 0.4) is 0 Å². The van der Waals surface area contributed by atoms with Gasteiger partial charge >= 0.3 is 6.09 Å². The lowest BCUT2D eigenvalue weighted by molar-refractivity contribution is 0.0247. The first-order valence-electron chi connectivity index (χ1n) is 13.7. The summed E-state index contributed by atoms with van der Waals surface area (Å²) in [6, 6.07) is 5.72. The molecule has 0 radical (unpaired) electrons. The second kappa shape index (κ2) is 13.7. The first kappa shape index (κ1) is 30.3. The van der Waals surface area contributed by atoms with E-state index in [0.29, 0.717) is 36.1 Å². The van der Waals surface area contributed by atoms with Crippen molar-refractivity contribution in [1.82, 2.24) is 10.3 Å². The molecule has 0 saturated heterocycles. The maximum absolute atomic E-state index is 12.6. The van der Waals surface area contributed by atoms with Crippen LogP contribution in [-0.4, -0.2) is 57.9 Å². The van der Waals surface area contributed by atoms with Gasteiger partial charge in [-0.05, 0) is 95.7 Å². The minimum Gasteiger partial charge on any atom is -0.489 e. The number of hydrogen-bond acceptors (Lipinski definition) is 7. The number of aromatic nitrogens is 1. The number of ether oxygens (including phenoxy) is 3. The van der Waals surface area contributed by atoms with Crippen LogP contribution in [-0.2, 0) is 4.74 Å². The van der Waals surface area contributed by atoms with E-state index >= 15 is 0 Å². The van der Waals surface area contributed by atoms with Crippen LogP contribution in [0.15, 0.2) is 24.4 Å². The summed E-state index contributed by atoms with van der Waals surface area (Å²) in [6.45, 7) is 7.82. The van der Waals surface area contributed by atoms with Gasteiger partial charge in [-0.2, -0.15) is 0 Å². The first-order chi connectivity index (χ1) is 18.0.